The number of hydrogen-bond acceptors (Lipinski definition) is 3. The van der Waals surface area contributed by atoms with Crippen LogP contribution in [0, 0.1) is 5.92 Å². The van der Waals surface area contributed by atoms with Crippen molar-refractivity contribution in [1.29, 1.82) is 0 Å². The molecule has 0 amide bonds. The lowest BCUT2D eigenvalue weighted by Crippen LogP contribution is -2.45. The summed E-state index contributed by atoms with van der Waals surface area (Å²) in [5, 5.41) is 0. The molecular weight excluding hydrogens is 234 g/mol. The Kier molecular flexibility index (Phi) is 7.33. The lowest BCUT2D eigenvalue weighted by Gasteiger charge is -2.36. The summed E-state index contributed by atoms with van der Waals surface area (Å²) < 4.78 is 0. The fraction of sp³-hybridized carbons (Fsp3) is 1.00. The average molecular weight is 269 g/mol. The molecule has 0 heterocycles. The third-order valence-electron chi connectivity index (χ3n) is 4.26. The molecule has 0 atom stereocenters. The highest BCUT2D eigenvalue weighted by molar-refractivity contribution is 4.88. The first kappa shape index (κ1) is 16.9. The Labute approximate surface area is 120 Å². The molecule has 114 valence electrons. The smallest absolute Gasteiger partial charge is 0.0166 e. The number of likely N-dealkylation sites (N-methyl/N-ethyl adjacent to an activating group) is 1. The molecule has 2 N–H and O–H groups in total. The number of nitrogens with zero attached hydrogens (tertiary/aromatic N) is 2. The largest absolute Gasteiger partial charge is 0.325 e. The Hall–Kier alpha value is -0.120. The molecule has 3 heteroatoms. The molecule has 0 saturated heterocycles. The standard InChI is InChI=1S/C16H35N3/c1-15(2)14-19(13-12-18(3)4)11-10-16(17)8-6-5-7-9-16/h15H,5-14,17H2,1-4H3. The Morgan fingerprint density at radius 1 is 1.00 bits per heavy atom. The van der Waals surface area contributed by atoms with Crippen LogP contribution in [0.25, 0.3) is 0 Å². The van der Waals surface area contributed by atoms with Crippen molar-refractivity contribution in [3.8, 4) is 0 Å². The molecule has 1 aliphatic rings. The fourth-order valence-electron chi connectivity index (χ4n) is 3.04. The van der Waals surface area contributed by atoms with Gasteiger partial charge in [0.05, 0.1) is 0 Å². The van der Waals surface area contributed by atoms with E-state index in [0.717, 1.165) is 12.5 Å². The van der Waals surface area contributed by atoms with Crippen molar-refractivity contribution in [3.05, 3.63) is 0 Å². The van der Waals surface area contributed by atoms with E-state index in [2.05, 4.69) is 37.7 Å². The summed E-state index contributed by atoms with van der Waals surface area (Å²) in [7, 11) is 4.30. The maximum Gasteiger partial charge on any atom is 0.0166 e. The summed E-state index contributed by atoms with van der Waals surface area (Å²) in [4.78, 5) is 4.88. The summed E-state index contributed by atoms with van der Waals surface area (Å²) in [5.74, 6) is 0.738. The predicted molar refractivity (Wildman–Crippen MR) is 84.5 cm³/mol. The third kappa shape index (κ3) is 7.28. The van der Waals surface area contributed by atoms with Gasteiger partial charge < -0.3 is 15.5 Å². The summed E-state index contributed by atoms with van der Waals surface area (Å²) >= 11 is 0. The molecule has 0 spiro atoms. The average Bonchev–Trinajstić information content (AvgIpc) is 2.33. The number of nitrogens with two attached hydrogens (primary N) is 1. The zero-order valence-corrected chi connectivity index (χ0v) is 13.6. The summed E-state index contributed by atoms with van der Waals surface area (Å²) in [5.41, 5.74) is 6.69. The zero-order valence-electron chi connectivity index (χ0n) is 13.6. The van der Waals surface area contributed by atoms with Gasteiger partial charge in [0.2, 0.25) is 0 Å². The van der Waals surface area contributed by atoms with Crippen LogP contribution in [0.2, 0.25) is 0 Å². The van der Waals surface area contributed by atoms with E-state index in [1.165, 1.54) is 58.2 Å². The van der Waals surface area contributed by atoms with Crippen LogP contribution < -0.4 is 5.73 Å². The minimum absolute atomic E-state index is 0.131. The van der Waals surface area contributed by atoms with Crippen LogP contribution in [0.4, 0.5) is 0 Å². The maximum atomic E-state index is 6.56. The van der Waals surface area contributed by atoms with E-state index in [4.69, 9.17) is 5.73 Å². The van der Waals surface area contributed by atoms with E-state index in [9.17, 15) is 0 Å². The first-order chi connectivity index (χ1) is 8.91. The molecule has 1 aliphatic carbocycles. The van der Waals surface area contributed by atoms with E-state index >= 15 is 0 Å². The summed E-state index contributed by atoms with van der Waals surface area (Å²) in [6.07, 6.45) is 7.69. The van der Waals surface area contributed by atoms with E-state index in [1.807, 2.05) is 0 Å². The molecule has 19 heavy (non-hydrogen) atoms. The summed E-state index contributed by atoms with van der Waals surface area (Å²) in [6, 6.07) is 0. The summed E-state index contributed by atoms with van der Waals surface area (Å²) in [6.45, 7) is 9.29. The van der Waals surface area contributed by atoms with Crippen LogP contribution in [0.5, 0.6) is 0 Å². The van der Waals surface area contributed by atoms with Crippen molar-refractivity contribution in [3.63, 3.8) is 0 Å². The molecule has 3 nitrogen and oxygen atoms in total. The van der Waals surface area contributed by atoms with Crippen molar-refractivity contribution in [2.24, 2.45) is 11.7 Å². The van der Waals surface area contributed by atoms with E-state index in [-0.39, 0.29) is 5.54 Å². The van der Waals surface area contributed by atoms with Crippen LogP contribution >= 0.6 is 0 Å². The molecule has 1 rings (SSSR count). The topological polar surface area (TPSA) is 32.5 Å². The van der Waals surface area contributed by atoms with Crippen molar-refractivity contribution in [2.75, 3.05) is 40.3 Å². The lowest BCUT2D eigenvalue weighted by atomic mass is 9.80. The second kappa shape index (κ2) is 8.23. The molecule has 0 aliphatic heterocycles. The van der Waals surface area contributed by atoms with Gasteiger partial charge in [-0.2, -0.15) is 0 Å². The molecule has 1 saturated carbocycles. The first-order valence-corrected chi connectivity index (χ1v) is 8.07. The normalized spacial score (nSPS) is 19.6. The lowest BCUT2D eigenvalue weighted by molar-refractivity contribution is 0.181. The van der Waals surface area contributed by atoms with E-state index in [1.54, 1.807) is 0 Å². The van der Waals surface area contributed by atoms with Gasteiger partial charge >= 0.3 is 0 Å². The first-order valence-electron chi connectivity index (χ1n) is 8.07. The zero-order chi connectivity index (χ0) is 14.3. The van der Waals surface area contributed by atoms with Crippen LogP contribution in [0.1, 0.15) is 52.4 Å². The second-order valence-corrected chi connectivity index (χ2v) is 7.17. The highest BCUT2D eigenvalue weighted by atomic mass is 15.2. The van der Waals surface area contributed by atoms with Crippen LogP contribution in [0.15, 0.2) is 0 Å². The molecule has 0 aromatic heterocycles. The Morgan fingerprint density at radius 2 is 1.63 bits per heavy atom. The minimum Gasteiger partial charge on any atom is -0.325 e. The van der Waals surface area contributed by atoms with Gasteiger partial charge in [0, 0.05) is 25.2 Å². The minimum atomic E-state index is 0.131. The fourth-order valence-corrected chi connectivity index (χ4v) is 3.04. The molecule has 0 aromatic carbocycles. The van der Waals surface area contributed by atoms with Gasteiger partial charge in [-0.25, -0.2) is 0 Å². The maximum absolute atomic E-state index is 6.56. The monoisotopic (exact) mass is 269 g/mol. The van der Waals surface area contributed by atoms with Crippen molar-refractivity contribution >= 4 is 0 Å². The molecule has 0 aromatic rings. The SMILES string of the molecule is CC(C)CN(CCN(C)C)CCC1(N)CCCCC1. The number of rotatable bonds is 8. The van der Waals surface area contributed by atoms with E-state index < -0.39 is 0 Å². The van der Waals surface area contributed by atoms with Crippen molar-refractivity contribution < 1.29 is 0 Å². The number of hydrogen-bond donors (Lipinski definition) is 1. The van der Waals surface area contributed by atoms with Crippen molar-refractivity contribution in [1.82, 2.24) is 9.80 Å². The molecule has 0 unspecified atom stereocenters. The Morgan fingerprint density at radius 3 is 2.16 bits per heavy atom. The van der Waals surface area contributed by atoms with Crippen LogP contribution in [-0.4, -0.2) is 55.6 Å². The van der Waals surface area contributed by atoms with Crippen LogP contribution in [-0.2, 0) is 0 Å². The van der Waals surface area contributed by atoms with Gasteiger partial charge in [0.15, 0.2) is 0 Å². The Balaban J connectivity index is 2.37. The second-order valence-electron chi connectivity index (χ2n) is 7.17. The molecule has 0 bridgehead atoms. The Bertz CT molecular complexity index is 232. The predicted octanol–water partition coefficient (Wildman–Crippen LogP) is 2.56. The van der Waals surface area contributed by atoms with Gasteiger partial charge in [-0.05, 0) is 45.8 Å². The van der Waals surface area contributed by atoms with Gasteiger partial charge in [0.25, 0.3) is 0 Å². The van der Waals surface area contributed by atoms with Crippen LogP contribution in [0.3, 0.4) is 0 Å². The highest BCUT2D eigenvalue weighted by Crippen LogP contribution is 2.28. The van der Waals surface area contributed by atoms with Gasteiger partial charge in [-0.3, -0.25) is 0 Å². The van der Waals surface area contributed by atoms with Gasteiger partial charge in [0.1, 0.15) is 0 Å². The molecule has 0 radical (unpaired) electrons. The quantitative estimate of drug-likeness (QED) is 0.735. The third-order valence-corrected chi connectivity index (χ3v) is 4.26. The van der Waals surface area contributed by atoms with Gasteiger partial charge in [-0.1, -0.05) is 33.1 Å². The van der Waals surface area contributed by atoms with Crippen molar-refractivity contribution in [2.45, 2.75) is 57.9 Å². The molecule has 1 fully saturated rings. The van der Waals surface area contributed by atoms with E-state index in [0.29, 0.717) is 0 Å². The highest BCUT2D eigenvalue weighted by Gasteiger charge is 2.27. The van der Waals surface area contributed by atoms with Gasteiger partial charge in [-0.15, -0.1) is 0 Å². The molecular formula is C16H35N3.